The Balaban J connectivity index is 0.00000112. The monoisotopic (exact) mass is 233 g/mol. The molecular weight excluding hydrogens is 214 g/mol. The summed E-state index contributed by atoms with van der Waals surface area (Å²) in [4.78, 5) is 11.1. The fourth-order valence-corrected chi connectivity index (χ4v) is 3.07. The summed E-state index contributed by atoms with van der Waals surface area (Å²) < 4.78 is 0. The second-order valence-corrected chi connectivity index (χ2v) is 4.65. The van der Waals surface area contributed by atoms with Crippen molar-refractivity contribution in [3.05, 3.63) is 0 Å². The molecule has 88 valence electrons. The van der Waals surface area contributed by atoms with Gasteiger partial charge in [0, 0.05) is 0 Å². The fraction of sp³-hybridized carbons (Fsp3) is 0.909. The number of carboxylic acids is 1. The minimum absolute atomic E-state index is 0. The topological polar surface area (TPSA) is 49.3 Å². The van der Waals surface area contributed by atoms with Crippen LogP contribution in [-0.2, 0) is 4.79 Å². The van der Waals surface area contributed by atoms with E-state index in [1.807, 2.05) is 0 Å². The van der Waals surface area contributed by atoms with E-state index in [4.69, 9.17) is 5.11 Å². The number of halogens is 1. The lowest BCUT2D eigenvalue weighted by atomic mass is 9.77. The van der Waals surface area contributed by atoms with Crippen LogP contribution in [0.4, 0.5) is 0 Å². The van der Waals surface area contributed by atoms with Gasteiger partial charge in [0.2, 0.25) is 0 Å². The van der Waals surface area contributed by atoms with Gasteiger partial charge in [-0.3, -0.25) is 4.79 Å². The number of piperidine rings is 1. The molecule has 0 bridgehead atoms. The average molecular weight is 234 g/mol. The van der Waals surface area contributed by atoms with Crippen molar-refractivity contribution < 1.29 is 9.90 Å². The predicted molar refractivity (Wildman–Crippen MR) is 61.3 cm³/mol. The molecular formula is C11H20ClNO2. The maximum atomic E-state index is 11.1. The van der Waals surface area contributed by atoms with Gasteiger partial charge >= 0.3 is 5.97 Å². The molecule has 0 aromatic heterocycles. The lowest BCUT2D eigenvalue weighted by molar-refractivity contribution is -0.145. The van der Waals surface area contributed by atoms with Crippen LogP contribution < -0.4 is 5.32 Å². The standard InChI is InChI=1S/C11H19NO2.ClH/c13-11(14)9-5-6-12-7-10(9)8-3-1-2-4-8;/h8-10,12H,1-7H2,(H,13,14);1H/t9-,10-;/m0./s1. The molecule has 3 nitrogen and oxygen atoms in total. The largest absolute Gasteiger partial charge is 0.481 e. The summed E-state index contributed by atoms with van der Waals surface area (Å²) in [5, 5.41) is 12.5. The Hall–Kier alpha value is -0.280. The van der Waals surface area contributed by atoms with E-state index in [0.717, 1.165) is 19.5 Å². The summed E-state index contributed by atoms with van der Waals surface area (Å²) >= 11 is 0. The van der Waals surface area contributed by atoms with Crippen molar-refractivity contribution in [3.63, 3.8) is 0 Å². The van der Waals surface area contributed by atoms with Gasteiger partial charge in [-0.2, -0.15) is 0 Å². The third-order valence-corrected chi connectivity index (χ3v) is 3.85. The Kier molecular flexibility index (Phi) is 4.87. The molecule has 0 spiro atoms. The molecule has 2 N–H and O–H groups in total. The summed E-state index contributed by atoms with van der Waals surface area (Å²) in [5.41, 5.74) is 0. The van der Waals surface area contributed by atoms with Crippen molar-refractivity contribution in [2.45, 2.75) is 32.1 Å². The highest BCUT2D eigenvalue weighted by atomic mass is 35.5. The summed E-state index contributed by atoms with van der Waals surface area (Å²) in [6, 6.07) is 0. The van der Waals surface area contributed by atoms with Crippen molar-refractivity contribution in [1.29, 1.82) is 0 Å². The summed E-state index contributed by atoms with van der Waals surface area (Å²) in [5.74, 6) is 0.399. The Morgan fingerprint density at radius 1 is 1.20 bits per heavy atom. The second-order valence-electron chi connectivity index (χ2n) is 4.65. The van der Waals surface area contributed by atoms with Crippen LogP contribution >= 0.6 is 12.4 Å². The molecule has 15 heavy (non-hydrogen) atoms. The number of hydrogen-bond donors (Lipinski definition) is 2. The molecule has 0 amide bonds. The van der Waals surface area contributed by atoms with Gasteiger partial charge < -0.3 is 10.4 Å². The van der Waals surface area contributed by atoms with E-state index < -0.39 is 5.97 Å². The molecule has 1 saturated heterocycles. The number of carbonyl (C=O) groups is 1. The first-order valence-corrected chi connectivity index (χ1v) is 5.72. The molecule has 4 heteroatoms. The minimum atomic E-state index is -0.580. The summed E-state index contributed by atoms with van der Waals surface area (Å²) in [7, 11) is 0. The SMILES string of the molecule is Cl.O=C(O)[C@H]1CCNC[C@H]1C1CCCC1. The minimum Gasteiger partial charge on any atom is -0.481 e. The van der Waals surface area contributed by atoms with Crippen molar-refractivity contribution in [2.75, 3.05) is 13.1 Å². The van der Waals surface area contributed by atoms with E-state index in [9.17, 15) is 4.79 Å². The van der Waals surface area contributed by atoms with Gasteiger partial charge in [0.05, 0.1) is 5.92 Å². The third kappa shape index (κ3) is 2.85. The fourth-order valence-electron chi connectivity index (χ4n) is 3.07. The molecule has 2 atom stereocenters. The van der Waals surface area contributed by atoms with Gasteiger partial charge in [0.15, 0.2) is 0 Å². The molecule has 1 saturated carbocycles. The predicted octanol–water partition coefficient (Wildman–Crippen LogP) is 1.91. The molecule has 0 aromatic carbocycles. The van der Waals surface area contributed by atoms with Crippen LogP contribution in [0.1, 0.15) is 32.1 Å². The van der Waals surface area contributed by atoms with Crippen LogP contribution in [0.25, 0.3) is 0 Å². The van der Waals surface area contributed by atoms with E-state index in [2.05, 4.69) is 5.32 Å². The molecule has 1 heterocycles. The zero-order valence-corrected chi connectivity index (χ0v) is 9.76. The van der Waals surface area contributed by atoms with E-state index in [0.29, 0.717) is 11.8 Å². The van der Waals surface area contributed by atoms with Crippen LogP contribution in [0, 0.1) is 17.8 Å². The summed E-state index contributed by atoms with van der Waals surface area (Å²) in [6.07, 6.45) is 5.91. The van der Waals surface area contributed by atoms with Crippen molar-refractivity contribution in [2.24, 2.45) is 17.8 Å². The third-order valence-electron chi connectivity index (χ3n) is 3.85. The first kappa shape index (κ1) is 12.8. The van der Waals surface area contributed by atoms with Gasteiger partial charge in [-0.15, -0.1) is 12.4 Å². The van der Waals surface area contributed by atoms with E-state index in [1.165, 1.54) is 25.7 Å². The van der Waals surface area contributed by atoms with Crippen molar-refractivity contribution in [3.8, 4) is 0 Å². The molecule has 0 aromatic rings. The highest BCUT2D eigenvalue weighted by Gasteiger charge is 2.36. The molecule has 0 radical (unpaired) electrons. The van der Waals surface area contributed by atoms with E-state index >= 15 is 0 Å². The number of hydrogen-bond acceptors (Lipinski definition) is 2. The first-order chi connectivity index (χ1) is 6.79. The van der Waals surface area contributed by atoms with Crippen LogP contribution in [0.5, 0.6) is 0 Å². The van der Waals surface area contributed by atoms with Crippen LogP contribution in [0.2, 0.25) is 0 Å². The Morgan fingerprint density at radius 3 is 2.47 bits per heavy atom. The molecule has 1 aliphatic heterocycles. The molecule has 2 rings (SSSR count). The maximum Gasteiger partial charge on any atom is 0.306 e. The van der Waals surface area contributed by atoms with Crippen molar-refractivity contribution in [1.82, 2.24) is 5.32 Å². The zero-order chi connectivity index (χ0) is 9.97. The number of carboxylic acid groups (broad SMARTS) is 1. The van der Waals surface area contributed by atoms with Crippen LogP contribution in [0.3, 0.4) is 0 Å². The maximum absolute atomic E-state index is 11.1. The highest BCUT2D eigenvalue weighted by Crippen LogP contribution is 2.37. The highest BCUT2D eigenvalue weighted by molar-refractivity contribution is 5.85. The first-order valence-electron chi connectivity index (χ1n) is 5.72. The molecule has 1 aliphatic carbocycles. The lowest BCUT2D eigenvalue weighted by Crippen LogP contribution is -2.43. The quantitative estimate of drug-likeness (QED) is 0.766. The van der Waals surface area contributed by atoms with Gasteiger partial charge in [0.25, 0.3) is 0 Å². The Bertz CT molecular complexity index is 217. The Labute approximate surface area is 97.0 Å². The number of nitrogens with one attached hydrogen (secondary N) is 1. The average Bonchev–Trinajstić information content (AvgIpc) is 2.70. The molecule has 2 fully saturated rings. The second kappa shape index (κ2) is 5.71. The molecule has 0 unspecified atom stereocenters. The van der Waals surface area contributed by atoms with Crippen LogP contribution in [-0.4, -0.2) is 24.2 Å². The van der Waals surface area contributed by atoms with Gasteiger partial charge in [-0.25, -0.2) is 0 Å². The lowest BCUT2D eigenvalue weighted by Gasteiger charge is -2.33. The van der Waals surface area contributed by atoms with Crippen molar-refractivity contribution >= 4 is 18.4 Å². The van der Waals surface area contributed by atoms with Gasteiger partial charge in [-0.05, 0) is 31.3 Å². The van der Waals surface area contributed by atoms with Crippen LogP contribution in [0.15, 0.2) is 0 Å². The summed E-state index contributed by atoms with van der Waals surface area (Å²) in [6.45, 7) is 1.79. The van der Waals surface area contributed by atoms with Gasteiger partial charge in [-0.1, -0.05) is 25.7 Å². The number of rotatable bonds is 2. The van der Waals surface area contributed by atoms with E-state index in [1.54, 1.807) is 0 Å². The normalized spacial score (nSPS) is 32.3. The van der Waals surface area contributed by atoms with Gasteiger partial charge in [0.1, 0.15) is 0 Å². The Morgan fingerprint density at radius 2 is 1.87 bits per heavy atom. The smallest absolute Gasteiger partial charge is 0.306 e. The number of aliphatic carboxylic acids is 1. The zero-order valence-electron chi connectivity index (χ0n) is 8.95. The van der Waals surface area contributed by atoms with E-state index in [-0.39, 0.29) is 18.3 Å². The molecule has 2 aliphatic rings.